The summed E-state index contributed by atoms with van der Waals surface area (Å²) in [6.45, 7) is 2.23. The van der Waals surface area contributed by atoms with Gasteiger partial charge in [0.1, 0.15) is 30.2 Å². The normalized spacial score (nSPS) is 10.6. The molecule has 0 unspecified atom stereocenters. The number of halogens is 1. The van der Waals surface area contributed by atoms with E-state index in [9.17, 15) is 4.39 Å². The summed E-state index contributed by atoms with van der Waals surface area (Å²) in [5.74, 6) is 7.45. The standard InChI is InChI=1S/C26H20FN7OS/c1-15-9-18(6-8-22(15)35-13-16-3-2-4-17(27)10-16)34-26-23-21(31-14-32-26)11-20(36-23)7-5-19-12-30-24(28)25(29)33-19/h2-4,6,8-12,14H,13H2,1H3,(H2,28,30)(H2,29,33)(H,31,32,34). The van der Waals surface area contributed by atoms with Crippen molar-refractivity contribution in [1.82, 2.24) is 19.9 Å². The van der Waals surface area contributed by atoms with E-state index in [0.29, 0.717) is 11.5 Å². The van der Waals surface area contributed by atoms with Crippen molar-refractivity contribution in [1.29, 1.82) is 0 Å². The molecule has 3 aromatic heterocycles. The number of fused-ring (bicyclic) bond motifs is 1. The van der Waals surface area contributed by atoms with Crippen LogP contribution in [0.3, 0.4) is 0 Å². The Balaban J connectivity index is 1.33. The number of ether oxygens (including phenoxy) is 1. The lowest BCUT2D eigenvalue weighted by atomic mass is 10.2. The molecule has 5 rings (SSSR count). The smallest absolute Gasteiger partial charge is 0.167 e. The topological polar surface area (TPSA) is 125 Å². The maximum Gasteiger partial charge on any atom is 0.167 e. The van der Waals surface area contributed by atoms with Crippen LogP contribution in [0.25, 0.3) is 10.2 Å². The highest BCUT2D eigenvalue weighted by molar-refractivity contribution is 7.20. The van der Waals surface area contributed by atoms with E-state index in [1.165, 1.54) is 36.0 Å². The highest BCUT2D eigenvalue weighted by Gasteiger charge is 2.10. The van der Waals surface area contributed by atoms with Crippen LogP contribution >= 0.6 is 11.3 Å². The van der Waals surface area contributed by atoms with Crippen LogP contribution in [-0.4, -0.2) is 19.9 Å². The van der Waals surface area contributed by atoms with E-state index in [1.807, 2.05) is 37.3 Å². The molecule has 0 amide bonds. The van der Waals surface area contributed by atoms with Crippen LogP contribution in [0.2, 0.25) is 0 Å². The minimum atomic E-state index is -0.283. The first-order valence-electron chi connectivity index (χ1n) is 10.8. The van der Waals surface area contributed by atoms with Gasteiger partial charge >= 0.3 is 0 Å². The largest absolute Gasteiger partial charge is 0.489 e. The molecule has 5 N–H and O–H groups in total. The summed E-state index contributed by atoms with van der Waals surface area (Å²) in [7, 11) is 0. The van der Waals surface area contributed by atoms with Crippen LogP contribution in [0, 0.1) is 24.6 Å². The van der Waals surface area contributed by atoms with Crippen molar-refractivity contribution in [3.05, 3.63) is 88.6 Å². The molecule has 0 saturated heterocycles. The van der Waals surface area contributed by atoms with Crippen LogP contribution in [0.15, 0.2) is 61.1 Å². The van der Waals surface area contributed by atoms with Crippen molar-refractivity contribution < 1.29 is 9.13 Å². The molecule has 3 heterocycles. The summed E-state index contributed by atoms with van der Waals surface area (Å²) in [4.78, 5) is 17.7. The molecule has 0 atom stereocenters. The molecule has 0 bridgehead atoms. The minimum Gasteiger partial charge on any atom is -0.489 e. The van der Waals surface area contributed by atoms with Crippen molar-refractivity contribution in [2.75, 3.05) is 16.8 Å². The Labute approximate surface area is 210 Å². The average molecular weight is 498 g/mol. The molecular weight excluding hydrogens is 477 g/mol. The zero-order chi connectivity index (χ0) is 25.1. The zero-order valence-corrected chi connectivity index (χ0v) is 19.9. The van der Waals surface area contributed by atoms with Crippen molar-refractivity contribution in [3.8, 4) is 17.6 Å². The highest BCUT2D eigenvalue weighted by atomic mass is 32.1. The lowest BCUT2D eigenvalue weighted by Crippen LogP contribution is -2.01. The van der Waals surface area contributed by atoms with E-state index >= 15 is 0 Å². The van der Waals surface area contributed by atoms with Gasteiger partial charge in [-0.2, -0.15) is 0 Å². The second kappa shape index (κ2) is 9.85. The highest BCUT2D eigenvalue weighted by Crippen LogP contribution is 2.32. The first-order chi connectivity index (χ1) is 17.4. The van der Waals surface area contributed by atoms with E-state index in [1.54, 1.807) is 6.07 Å². The number of nitrogens with zero attached hydrogens (tertiary/aromatic N) is 4. The second-order valence-corrected chi connectivity index (χ2v) is 8.90. The van der Waals surface area contributed by atoms with Gasteiger partial charge in [0.2, 0.25) is 0 Å². The number of anilines is 4. The molecule has 8 nitrogen and oxygen atoms in total. The van der Waals surface area contributed by atoms with Crippen LogP contribution in [0.4, 0.5) is 27.5 Å². The molecule has 0 aliphatic carbocycles. The maximum absolute atomic E-state index is 13.4. The summed E-state index contributed by atoms with van der Waals surface area (Å²) in [6.07, 6.45) is 2.98. The van der Waals surface area contributed by atoms with Gasteiger partial charge in [-0.1, -0.05) is 12.1 Å². The van der Waals surface area contributed by atoms with Crippen LogP contribution in [0.1, 0.15) is 21.7 Å². The summed E-state index contributed by atoms with van der Waals surface area (Å²) in [5, 5.41) is 3.35. The Hall–Kier alpha value is -4.75. The van der Waals surface area contributed by atoms with E-state index in [0.717, 1.165) is 37.7 Å². The summed E-state index contributed by atoms with van der Waals surface area (Å²) in [6, 6.07) is 14.0. The third-order valence-electron chi connectivity index (χ3n) is 5.18. The number of aryl methyl sites for hydroxylation is 1. The number of benzene rings is 2. The SMILES string of the molecule is Cc1cc(Nc2ncnc3cc(C#Cc4cnc(N)c(N)n4)sc23)ccc1OCc1cccc(F)c1. The van der Waals surface area contributed by atoms with Gasteiger partial charge in [-0.15, -0.1) is 11.3 Å². The number of hydrogen-bond donors (Lipinski definition) is 3. The van der Waals surface area contributed by atoms with Gasteiger partial charge in [-0.3, -0.25) is 0 Å². The molecule has 0 spiro atoms. The molecule has 10 heteroatoms. The third-order valence-corrected chi connectivity index (χ3v) is 6.22. The Morgan fingerprint density at radius 3 is 2.72 bits per heavy atom. The number of hydrogen-bond acceptors (Lipinski definition) is 9. The third kappa shape index (κ3) is 5.16. The molecule has 178 valence electrons. The second-order valence-electron chi connectivity index (χ2n) is 7.85. The monoisotopic (exact) mass is 497 g/mol. The molecule has 0 fully saturated rings. The van der Waals surface area contributed by atoms with Crippen molar-refractivity contribution in [2.45, 2.75) is 13.5 Å². The molecule has 0 aliphatic rings. The van der Waals surface area contributed by atoms with Crippen LogP contribution in [0.5, 0.6) is 5.75 Å². The van der Waals surface area contributed by atoms with Gasteiger partial charge in [0.25, 0.3) is 0 Å². The fourth-order valence-electron chi connectivity index (χ4n) is 3.42. The summed E-state index contributed by atoms with van der Waals surface area (Å²) < 4.78 is 20.1. The summed E-state index contributed by atoms with van der Waals surface area (Å²) in [5.41, 5.74) is 15.1. The first kappa shape index (κ1) is 23.0. The Morgan fingerprint density at radius 2 is 1.92 bits per heavy atom. The van der Waals surface area contributed by atoms with Gasteiger partial charge in [0, 0.05) is 5.69 Å². The van der Waals surface area contributed by atoms with Crippen molar-refractivity contribution in [2.24, 2.45) is 0 Å². The predicted molar refractivity (Wildman–Crippen MR) is 139 cm³/mol. The van der Waals surface area contributed by atoms with Gasteiger partial charge in [-0.25, -0.2) is 24.3 Å². The van der Waals surface area contributed by atoms with Gasteiger partial charge < -0.3 is 21.5 Å². The summed E-state index contributed by atoms with van der Waals surface area (Å²) >= 11 is 1.46. The molecule has 0 aliphatic heterocycles. The molecule has 36 heavy (non-hydrogen) atoms. The molecule has 0 radical (unpaired) electrons. The van der Waals surface area contributed by atoms with E-state index in [2.05, 4.69) is 37.1 Å². The van der Waals surface area contributed by atoms with Gasteiger partial charge in [0.15, 0.2) is 17.5 Å². The van der Waals surface area contributed by atoms with E-state index in [4.69, 9.17) is 16.2 Å². The number of rotatable bonds is 5. The number of aromatic nitrogens is 4. The lowest BCUT2D eigenvalue weighted by molar-refractivity contribution is 0.303. The number of nitrogens with two attached hydrogens (primary N) is 2. The molecule has 0 saturated carbocycles. The predicted octanol–water partition coefficient (Wildman–Crippen LogP) is 4.82. The van der Waals surface area contributed by atoms with E-state index < -0.39 is 0 Å². The van der Waals surface area contributed by atoms with Crippen molar-refractivity contribution in [3.63, 3.8) is 0 Å². The quantitative estimate of drug-likeness (QED) is 0.295. The van der Waals surface area contributed by atoms with Crippen LogP contribution < -0.4 is 21.5 Å². The molecule has 2 aromatic carbocycles. The van der Waals surface area contributed by atoms with Gasteiger partial charge in [-0.05, 0) is 66.3 Å². The first-order valence-corrected chi connectivity index (χ1v) is 11.7. The number of thiophene rings is 1. The number of nitrogen functional groups attached to an aromatic ring is 2. The maximum atomic E-state index is 13.4. The fourth-order valence-corrected chi connectivity index (χ4v) is 4.33. The lowest BCUT2D eigenvalue weighted by Gasteiger charge is -2.12. The average Bonchev–Trinajstić information content (AvgIpc) is 3.29. The minimum absolute atomic E-state index is 0.149. The van der Waals surface area contributed by atoms with Gasteiger partial charge in [0.05, 0.1) is 21.3 Å². The van der Waals surface area contributed by atoms with Crippen LogP contribution in [-0.2, 0) is 6.61 Å². The molecule has 5 aromatic rings. The number of nitrogens with one attached hydrogen (secondary N) is 1. The molecular formula is C26H20FN7OS. The fraction of sp³-hybridized carbons (Fsp3) is 0.0769. The van der Waals surface area contributed by atoms with E-state index in [-0.39, 0.29) is 24.1 Å². The zero-order valence-electron chi connectivity index (χ0n) is 19.1. The Morgan fingerprint density at radius 1 is 1.03 bits per heavy atom. The Kier molecular flexibility index (Phi) is 6.30. The van der Waals surface area contributed by atoms with Crippen molar-refractivity contribution >= 4 is 44.7 Å². The Bertz CT molecular complexity index is 1640.